The summed E-state index contributed by atoms with van der Waals surface area (Å²) in [5.41, 5.74) is 1.68. The van der Waals surface area contributed by atoms with Gasteiger partial charge in [0, 0.05) is 24.7 Å². The van der Waals surface area contributed by atoms with Crippen LogP contribution in [-0.2, 0) is 17.8 Å². The van der Waals surface area contributed by atoms with Crippen molar-refractivity contribution in [3.63, 3.8) is 0 Å². The van der Waals surface area contributed by atoms with Crippen molar-refractivity contribution in [3.8, 4) is 5.75 Å². The standard InChI is InChI=1S/C17H22ClFN2O2/c1-4-11(3)23-14-8-13-12(6-7-20-10-22)9-21(5-2)17(13)15(18)16(14)19/h8-11H,4-7H2,1-3H3,(H,20,22). The first-order valence-corrected chi connectivity index (χ1v) is 8.24. The molecule has 0 aliphatic rings. The van der Waals surface area contributed by atoms with Crippen molar-refractivity contribution in [2.75, 3.05) is 6.54 Å². The lowest BCUT2D eigenvalue weighted by molar-refractivity contribution is -0.109. The number of nitrogens with zero attached hydrogens (tertiary/aromatic N) is 1. The van der Waals surface area contributed by atoms with Crippen molar-refractivity contribution in [3.05, 3.63) is 28.7 Å². The van der Waals surface area contributed by atoms with Crippen molar-refractivity contribution in [1.82, 2.24) is 9.88 Å². The maximum atomic E-state index is 14.5. The van der Waals surface area contributed by atoms with Gasteiger partial charge in [-0.3, -0.25) is 4.79 Å². The zero-order valence-corrected chi connectivity index (χ0v) is 14.4. The number of carbonyl (C=O) groups excluding carboxylic acids is 1. The van der Waals surface area contributed by atoms with E-state index in [1.165, 1.54) is 0 Å². The van der Waals surface area contributed by atoms with Crippen LogP contribution in [0.15, 0.2) is 12.3 Å². The van der Waals surface area contributed by atoms with E-state index in [1.54, 1.807) is 6.07 Å². The maximum Gasteiger partial charge on any atom is 0.207 e. The summed E-state index contributed by atoms with van der Waals surface area (Å²) >= 11 is 6.27. The van der Waals surface area contributed by atoms with E-state index in [0.717, 1.165) is 17.4 Å². The Morgan fingerprint density at radius 1 is 1.48 bits per heavy atom. The SMILES string of the molecule is CCC(C)Oc1cc2c(CCNC=O)cn(CC)c2c(Cl)c1F. The summed E-state index contributed by atoms with van der Waals surface area (Å²) < 4.78 is 22.1. The first-order valence-electron chi connectivity index (χ1n) is 7.86. The van der Waals surface area contributed by atoms with Crippen LogP contribution < -0.4 is 10.1 Å². The average Bonchev–Trinajstić information content (AvgIpc) is 2.90. The number of hydrogen-bond acceptors (Lipinski definition) is 2. The third-order valence-corrected chi connectivity index (χ3v) is 4.30. The van der Waals surface area contributed by atoms with Gasteiger partial charge in [-0.1, -0.05) is 18.5 Å². The summed E-state index contributed by atoms with van der Waals surface area (Å²) in [5.74, 6) is -0.347. The molecule has 1 aromatic heterocycles. The van der Waals surface area contributed by atoms with Gasteiger partial charge < -0.3 is 14.6 Å². The summed E-state index contributed by atoms with van der Waals surface area (Å²) in [6, 6.07) is 1.71. The number of rotatable bonds is 8. The molecule has 1 N–H and O–H groups in total. The van der Waals surface area contributed by atoms with Gasteiger partial charge in [0.25, 0.3) is 0 Å². The molecule has 0 saturated carbocycles. The minimum atomic E-state index is -0.523. The molecule has 1 unspecified atom stereocenters. The highest BCUT2D eigenvalue weighted by molar-refractivity contribution is 6.35. The van der Waals surface area contributed by atoms with Gasteiger partial charge in [0.05, 0.1) is 11.6 Å². The quantitative estimate of drug-likeness (QED) is 0.584. The summed E-state index contributed by atoms with van der Waals surface area (Å²) in [6.07, 6.45) is 3.96. The van der Waals surface area contributed by atoms with Crippen molar-refractivity contribution in [1.29, 1.82) is 0 Å². The van der Waals surface area contributed by atoms with E-state index in [2.05, 4.69) is 5.32 Å². The van der Waals surface area contributed by atoms with E-state index in [9.17, 15) is 9.18 Å². The highest BCUT2D eigenvalue weighted by Crippen LogP contribution is 2.37. The largest absolute Gasteiger partial charge is 0.488 e. The van der Waals surface area contributed by atoms with Crippen LogP contribution in [0.3, 0.4) is 0 Å². The predicted molar refractivity (Wildman–Crippen MR) is 90.7 cm³/mol. The molecular formula is C17H22ClFN2O2. The highest BCUT2D eigenvalue weighted by atomic mass is 35.5. The summed E-state index contributed by atoms with van der Waals surface area (Å²) in [4.78, 5) is 10.4. The van der Waals surface area contributed by atoms with Crippen LogP contribution in [-0.4, -0.2) is 23.6 Å². The number of halogens is 2. The van der Waals surface area contributed by atoms with Gasteiger partial charge in [0.15, 0.2) is 11.6 Å². The lowest BCUT2D eigenvalue weighted by Gasteiger charge is -2.15. The second kappa shape index (κ2) is 7.68. The van der Waals surface area contributed by atoms with Crippen LogP contribution in [0, 0.1) is 5.82 Å². The second-order valence-corrected chi connectivity index (χ2v) is 5.88. The monoisotopic (exact) mass is 340 g/mol. The number of fused-ring (bicyclic) bond motifs is 1. The number of benzene rings is 1. The van der Waals surface area contributed by atoms with Gasteiger partial charge in [-0.25, -0.2) is 4.39 Å². The Bertz CT molecular complexity index is 700. The molecule has 0 radical (unpaired) electrons. The number of hydrogen-bond donors (Lipinski definition) is 1. The molecule has 0 saturated heterocycles. The maximum absolute atomic E-state index is 14.5. The molecule has 2 aromatic rings. The van der Waals surface area contributed by atoms with E-state index in [-0.39, 0.29) is 16.9 Å². The molecule has 1 aromatic carbocycles. The van der Waals surface area contributed by atoms with Crippen LogP contribution in [0.2, 0.25) is 5.02 Å². The van der Waals surface area contributed by atoms with Gasteiger partial charge in [-0.2, -0.15) is 0 Å². The molecule has 0 fully saturated rings. The Morgan fingerprint density at radius 3 is 2.83 bits per heavy atom. The third-order valence-electron chi connectivity index (χ3n) is 3.96. The molecule has 6 heteroatoms. The average molecular weight is 341 g/mol. The molecule has 0 aliphatic heterocycles. The molecule has 23 heavy (non-hydrogen) atoms. The second-order valence-electron chi connectivity index (χ2n) is 5.50. The topological polar surface area (TPSA) is 43.3 Å². The van der Waals surface area contributed by atoms with Crippen molar-refractivity contribution in [2.45, 2.75) is 46.3 Å². The molecule has 126 valence electrons. The Hall–Kier alpha value is -1.75. The number of carbonyl (C=O) groups is 1. The first-order chi connectivity index (χ1) is 11.0. The van der Waals surface area contributed by atoms with E-state index >= 15 is 0 Å². The molecule has 1 heterocycles. The fraction of sp³-hybridized carbons (Fsp3) is 0.471. The molecular weight excluding hydrogens is 319 g/mol. The Balaban J connectivity index is 2.53. The highest BCUT2D eigenvalue weighted by Gasteiger charge is 2.20. The molecule has 0 bridgehead atoms. The van der Waals surface area contributed by atoms with Crippen LogP contribution in [0.25, 0.3) is 10.9 Å². The van der Waals surface area contributed by atoms with Crippen molar-refractivity contribution >= 4 is 28.9 Å². The third kappa shape index (κ3) is 3.61. The van der Waals surface area contributed by atoms with Crippen LogP contribution >= 0.6 is 11.6 Å². The van der Waals surface area contributed by atoms with Gasteiger partial charge in [-0.15, -0.1) is 0 Å². The number of ether oxygens (including phenoxy) is 1. The Kier molecular flexibility index (Phi) is 5.88. The lowest BCUT2D eigenvalue weighted by atomic mass is 10.1. The zero-order valence-electron chi connectivity index (χ0n) is 13.7. The smallest absolute Gasteiger partial charge is 0.207 e. The number of amides is 1. The van der Waals surface area contributed by atoms with Gasteiger partial charge in [0.2, 0.25) is 6.41 Å². The molecule has 4 nitrogen and oxygen atoms in total. The van der Waals surface area contributed by atoms with Crippen LogP contribution in [0.1, 0.15) is 32.8 Å². The van der Waals surface area contributed by atoms with E-state index in [0.29, 0.717) is 31.4 Å². The summed E-state index contributed by atoms with van der Waals surface area (Å²) in [6.45, 7) is 7.05. The molecule has 1 amide bonds. The zero-order chi connectivity index (χ0) is 17.0. The number of aromatic nitrogens is 1. The van der Waals surface area contributed by atoms with Gasteiger partial charge in [-0.05, 0) is 38.3 Å². The van der Waals surface area contributed by atoms with E-state index < -0.39 is 5.82 Å². The summed E-state index contributed by atoms with van der Waals surface area (Å²) in [5, 5.41) is 3.59. The molecule has 0 aliphatic carbocycles. The minimum absolute atomic E-state index is 0.0808. The van der Waals surface area contributed by atoms with E-state index in [1.807, 2.05) is 31.5 Å². The number of nitrogens with one attached hydrogen (secondary N) is 1. The van der Waals surface area contributed by atoms with Crippen LogP contribution in [0.4, 0.5) is 4.39 Å². The Morgan fingerprint density at radius 2 is 2.22 bits per heavy atom. The molecule has 2 rings (SSSR count). The summed E-state index contributed by atoms with van der Waals surface area (Å²) in [7, 11) is 0. The lowest BCUT2D eigenvalue weighted by Crippen LogP contribution is -2.14. The first kappa shape index (κ1) is 17.6. The fourth-order valence-corrected chi connectivity index (χ4v) is 2.84. The Labute approximate surface area is 140 Å². The molecule has 1 atom stereocenters. The minimum Gasteiger partial charge on any atom is -0.488 e. The predicted octanol–water partition coefficient (Wildman–Crippen LogP) is 3.92. The van der Waals surface area contributed by atoms with E-state index in [4.69, 9.17) is 16.3 Å². The van der Waals surface area contributed by atoms with Crippen LogP contribution in [0.5, 0.6) is 5.75 Å². The van der Waals surface area contributed by atoms with Crippen molar-refractivity contribution < 1.29 is 13.9 Å². The number of aryl methyl sites for hydroxylation is 1. The fourth-order valence-electron chi connectivity index (χ4n) is 2.54. The van der Waals surface area contributed by atoms with Crippen molar-refractivity contribution in [2.24, 2.45) is 0 Å². The normalized spacial score (nSPS) is 12.4. The molecule has 0 spiro atoms. The van der Waals surface area contributed by atoms with Gasteiger partial charge in [0.1, 0.15) is 5.02 Å². The van der Waals surface area contributed by atoms with Gasteiger partial charge >= 0.3 is 0 Å².